The molecule has 0 aliphatic heterocycles. The van der Waals surface area contributed by atoms with Crippen LogP contribution in [-0.2, 0) is 6.42 Å². The van der Waals surface area contributed by atoms with Crippen molar-refractivity contribution in [3.63, 3.8) is 0 Å². The van der Waals surface area contributed by atoms with Crippen LogP contribution in [0.25, 0.3) is 0 Å². The number of methoxy groups -OCH3 is 1. The lowest BCUT2D eigenvalue weighted by atomic mass is 9.98. The molecule has 2 aliphatic rings. The first-order valence-corrected chi connectivity index (χ1v) is 7.09. The Kier molecular flexibility index (Phi) is 3.06. The Labute approximate surface area is 109 Å². The molecular formula is C16H22O2. The number of ether oxygens (including phenoxy) is 1. The number of hydrogen-bond donors (Lipinski definition) is 1. The molecule has 0 spiro atoms. The monoisotopic (exact) mass is 246 g/mol. The van der Waals surface area contributed by atoms with Gasteiger partial charge in [0, 0.05) is 0 Å². The summed E-state index contributed by atoms with van der Waals surface area (Å²) >= 11 is 0. The van der Waals surface area contributed by atoms with Crippen LogP contribution < -0.4 is 4.74 Å². The van der Waals surface area contributed by atoms with E-state index in [4.69, 9.17) is 4.74 Å². The van der Waals surface area contributed by atoms with E-state index in [9.17, 15) is 5.11 Å². The zero-order chi connectivity index (χ0) is 12.6. The first-order valence-electron chi connectivity index (χ1n) is 7.09. The Morgan fingerprint density at radius 2 is 2.06 bits per heavy atom. The second-order valence-electron chi connectivity index (χ2n) is 5.84. The van der Waals surface area contributed by atoms with E-state index in [2.05, 4.69) is 12.1 Å². The van der Waals surface area contributed by atoms with Gasteiger partial charge in [0.1, 0.15) is 5.75 Å². The molecule has 0 radical (unpaired) electrons. The van der Waals surface area contributed by atoms with Crippen LogP contribution in [-0.4, -0.2) is 17.8 Å². The molecule has 0 bridgehead atoms. The lowest BCUT2D eigenvalue weighted by Gasteiger charge is -2.15. The molecule has 3 rings (SSSR count). The summed E-state index contributed by atoms with van der Waals surface area (Å²) in [5, 5.41) is 10.4. The molecule has 0 saturated heterocycles. The molecule has 1 N–H and O–H groups in total. The van der Waals surface area contributed by atoms with Crippen molar-refractivity contribution >= 4 is 0 Å². The Balaban J connectivity index is 1.55. The van der Waals surface area contributed by atoms with E-state index in [1.165, 1.54) is 24.8 Å². The van der Waals surface area contributed by atoms with E-state index in [0.717, 1.165) is 25.0 Å². The van der Waals surface area contributed by atoms with Crippen LogP contribution in [0.15, 0.2) is 24.3 Å². The lowest BCUT2D eigenvalue weighted by molar-refractivity contribution is 0.0900. The van der Waals surface area contributed by atoms with Gasteiger partial charge in [0.25, 0.3) is 0 Å². The summed E-state index contributed by atoms with van der Waals surface area (Å²) in [6.45, 7) is 0. The highest BCUT2D eigenvalue weighted by molar-refractivity contribution is 5.27. The summed E-state index contributed by atoms with van der Waals surface area (Å²) in [6, 6.07) is 8.30. The zero-order valence-corrected chi connectivity index (χ0v) is 11.1. The minimum absolute atomic E-state index is 0.287. The molecule has 2 fully saturated rings. The standard InChI is InChI=1S/C16H22O2/c1-18-13-8-5-12(6-9-13)7-10-15-14-4-2-3-11-16(14,15)17/h5-6,8-9,14-15,17H,2-4,7,10-11H2,1H3/t14-,15-,16+/m1/s1. The van der Waals surface area contributed by atoms with Crippen molar-refractivity contribution in [2.45, 2.75) is 44.1 Å². The SMILES string of the molecule is COc1ccc(CC[C@@H]2[C@H]3CCCC[C@]32O)cc1. The molecule has 0 amide bonds. The van der Waals surface area contributed by atoms with Gasteiger partial charge in [0.05, 0.1) is 12.7 Å². The van der Waals surface area contributed by atoms with Crippen LogP contribution in [0.2, 0.25) is 0 Å². The fourth-order valence-electron chi connectivity index (χ4n) is 3.75. The summed E-state index contributed by atoms with van der Waals surface area (Å²) in [4.78, 5) is 0. The second kappa shape index (κ2) is 4.58. The largest absolute Gasteiger partial charge is 0.497 e. The highest BCUT2D eigenvalue weighted by Crippen LogP contribution is 2.60. The summed E-state index contributed by atoms with van der Waals surface area (Å²) in [5.74, 6) is 2.07. The van der Waals surface area contributed by atoms with Gasteiger partial charge >= 0.3 is 0 Å². The second-order valence-corrected chi connectivity index (χ2v) is 5.84. The van der Waals surface area contributed by atoms with Gasteiger partial charge in [-0.2, -0.15) is 0 Å². The number of benzene rings is 1. The summed E-state index contributed by atoms with van der Waals surface area (Å²) < 4.78 is 5.16. The first-order chi connectivity index (χ1) is 8.74. The number of hydrogen-bond acceptors (Lipinski definition) is 2. The quantitative estimate of drug-likeness (QED) is 0.884. The normalized spacial score (nSPS) is 33.9. The van der Waals surface area contributed by atoms with Crippen molar-refractivity contribution in [3.8, 4) is 5.75 Å². The minimum Gasteiger partial charge on any atom is -0.497 e. The van der Waals surface area contributed by atoms with E-state index >= 15 is 0 Å². The van der Waals surface area contributed by atoms with Crippen molar-refractivity contribution in [3.05, 3.63) is 29.8 Å². The van der Waals surface area contributed by atoms with Gasteiger partial charge in [-0.3, -0.25) is 0 Å². The smallest absolute Gasteiger partial charge is 0.118 e. The van der Waals surface area contributed by atoms with Crippen LogP contribution in [0, 0.1) is 11.8 Å². The Bertz CT molecular complexity index is 412. The molecule has 0 heterocycles. The van der Waals surface area contributed by atoms with Crippen molar-refractivity contribution in [2.24, 2.45) is 11.8 Å². The van der Waals surface area contributed by atoms with Crippen LogP contribution in [0.1, 0.15) is 37.7 Å². The maximum atomic E-state index is 10.4. The molecule has 2 nitrogen and oxygen atoms in total. The Morgan fingerprint density at radius 1 is 1.28 bits per heavy atom. The average Bonchev–Trinajstić information content (AvgIpc) is 3.01. The number of rotatable bonds is 4. The molecule has 18 heavy (non-hydrogen) atoms. The van der Waals surface area contributed by atoms with Crippen molar-refractivity contribution in [2.75, 3.05) is 7.11 Å². The van der Waals surface area contributed by atoms with Gasteiger partial charge < -0.3 is 9.84 Å². The molecule has 3 atom stereocenters. The van der Waals surface area contributed by atoms with E-state index in [1.807, 2.05) is 12.1 Å². The fourth-order valence-corrected chi connectivity index (χ4v) is 3.75. The van der Waals surface area contributed by atoms with Gasteiger partial charge in [0.2, 0.25) is 0 Å². The van der Waals surface area contributed by atoms with Crippen LogP contribution in [0.4, 0.5) is 0 Å². The van der Waals surface area contributed by atoms with E-state index in [1.54, 1.807) is 7.11 Å². The maximum absolute atomic E-state index is 10.4. The third kappa shape index (κ3) is 2.03. The highest BCUT2D eigenvalue weighted by atomic mass is 16.5. The first kappa shape index (κ1) is 12.0. The molecule has 0 aromatic heterocycles. The van der Waals surface area contributed by atoms with Gasteiger partial charge in [-0.15, -0.1) is 0 Å². The maximum Gasteiger partial charge on any atom is 0.118 e. The number of aliphatic hydroxyl groups is 1. The molecule has 1 aromatic carbocycles. The predicted octanol–water partition coefficient (Wildman–Crippen LogP) is 3.18. The third-order valence-electron chi connectivity index (χ3n) is 4.91. The van der Waals surface area contributed by atoms with Crippen LogP contribution in [0.5, 0.6) is 5.75 Å². The number of fused-ring (bicyclic) bond motifs is 1. The molecule has 98 valence electrons. The third-order valence-corrected chi connectivity index (χ3v) is 4.91. The number of aryl methyl sites for hydroxylation is 1. The molecule has 2 aliphatic carbocycles. The predicted molar refractivity (Wildman–Crippen MR) is 71.7 cm³/mol. The minimum atomic E-state index is -0.287. The fraction of sp³-hybridized carbons (Fsp3) is 0.625. The topological polar surface area (TPSA) is 29.5 Å². The van der Waals surface area contributed by atoms with Crippen LogP contribution >= 0.6 is 0 Å². The van der Waals surface area contributed by atoms with Crippen molar-refractivity contribution in [1.29, 1.82) is 0 Å². The summed E-state index contributed by atoms with van der Waals surface area (Å²) in [7, 11) is 1.69. The molecule has 0 unspecified atom stereocenters. The summed E-state index contributed by atoms with van der Waals surface area (Å²) in [6.07, 6.45) is 7.01. The molecular weight excluding hydrogens is 224 g/mol. The lowest BCUT2D eigenvalue weighted by Crippen LogP contribution is -2.16. The zero-order valence-electron chi connectivity index (χ0n) is 11.1. The Hall–Kier alpha value is -1.02. The van der Waals surface area contributed by atoms with E-state index in [-0.39, 0.29) is 5.60 Å². The van der Waals surface area contributed by atoms with Gasteiger partial charge in [-0.05, 0) is 55.2 Å². The van der Waals surface area contributed by atoms with Crippen molar-refractivity contribution in [1.82, 2.24) is 0 Å². The Morgan fingerprint density at radius 3 is 2.67 bits per heavy atom. The molecule has 2 saturated carbocycles. The van der Waals surface area contributed by atoms with Gasteiger partial charge in [-0.1, -0.05) is 25.0 Å². The molecule has 2 heteroatoms. The molecule has 1 aromatic rings. The van der Waals surface area contributed by atoms with E-state index < -0.39 is 0 Å². The highest BCUT2D eigenvalue weighted by Gasteiger charge is 2.62. The van der Waals surface area contributed by atoms with Gasteiger partial charge in [0.15, 0.2) is 0 Å². The average molecular weight is 246 g/mol. The van der Waals surface area contributed by atoms with Crippen LogP contribution in [0.3, 0.4) is 0 Å². The van der Waals surface area contributed by atoms with Gasteiger partial charge in [-0.25, -0.2) is 0 Å². The summed E-state index contributed by atoms with van der Waals surface area (Å²) in [5.41, 5.74) is 1.06. The van der Waals surface area contributed by atoms with E-state index in [0.29, 0.717) is 11.8 Å². The van der Waals surface area contributed by atoms with Crippen molar-refractivity contribution < 1.29 is 9.84 Å².